The van der Waals surface area contributed by atoms with Gasteiger partial charge in [0.25, 0.3) is 11.7 Å². The third-order valence-electron chi connectivity index (χ3n) is 20.1. The maximum atomic E-state index is 15.0. The summed E-state index contributed by atoms with van der Waals surface area (Å²) in [6.07, 6.45) is 4.91. The van der Waals surface area contributed by atoms with Crippen LogP contribution < -0.4 is 32.7 Å². The zero-order chi connectivity index (χ0) is 83.0. The van der Waals surface area contributed by atoms with Gasteiger partial charge in [-0.3, -0.25) is 67.1 Å². The van der Waals surface area contributed by atoms with Crippen LogP contribution in [0.5, 0.6) is 0 Å². The molecule has 111 heavy (non-hydrogen) atoms. The minimum absolute atomic E-state index is 0.0381. The molecule has 1 aliphatic carbocycles. The molecule has 622 valence electrons. The van der Waals surface area contributed by atoms with Crippen molar-refractivity contribution in [2.45, 2.75) is 230 Å². The first-order chi connectivity index (χ1) is 52.3. The second-order valence-electron chi connectivity index (χ2n) is 29.0. The molecule has 0 aromatic rings. The molecule has 34 nitrogen and oxygen atoms in total. The van der Waals surface area contributed by atoms with Crippen molar-refractivity contribution < 1.29 is 131 Å². The lowest BCUT2D eigenvalue weighted by molar-refractivity contribution is -0.265. The number of carbonyl (C=O) groups excluding carboxylic acids is 11. The number of aliphatic carboxylic acids is 4. The number of thioether (sulfide) groups is 2. The van der Waals surface area contributed by atoms with Gasteiger partial charge >= 0.3 is 41.8 Å². The van der Waals surface area contributed by atoms with E-state index in [1.165, 1.54) is 41.3 Å². The van der Waals surface area contributed by atoms with E-state index in [2.05, 4.69) is 21.3 Å². The van der Waals surface area contributed by atoms with Crippen molar-refractivity contribution in [3.8, 4) is 0 Å². The summed E-state index contributed by atoms with van der Waals surface area (Å²) >= 11 is 1.68. The van der Waals surface area contributed by atoms with Crippen LogP contribution in [0.3, 0.4) is 0 Å². The highest BCUT2D eigenvalue weighted by molar-refractivity contribution is 8.00. The molecule has 4 rings (SSSR count). The molecule has 0 aromatic carbocycles. The number of methoxy groups -OCH3 is 3. The average Bonchev–Trinajstić information content (AvgIpc) is 0.774. The van der Waals surface area contributed by atoms with Crippen molar-refractivity contribution in [3.63, 3.8) is 0 Å². The largest absolute Gasteiger partial charge is 0.480 e. The summed E-state index contributed by atoms with van der Waals surface area (Å²) in [7, 11) is 4.17. The first-order valence-corrected chi connectivity index (χ1v) is 39.5. The van der Waals surface area contributed by atoms with Crippen LogP contribution in [-0.4, -0.2) is 262 Å². The molecule has 0 aromatic heterocycles. The molecule has 5 amide bonds. The highest BCUT2D eigenvalue weighted by Gasteiger charge is 2.53. The van der Waals surface area contributed by atoms with E-state index in [9.17, 15) is 77.6 Å². The van der Waals surface area contributed by atoms with E-state index >= 15 is 9.59 Å². The fourth-order valence-corrected chi connectivity index (χ4v) is 15.2. The Morgan fingerprint density at radius 2 is 1.25 bits per heavy atom. The summed E-state index contributed by atoms with van der Waals surface area (Å²) in [5.41, 5.74) is 12.0. The Balaban J connectivity index is 1.73. The number of carboxylic acids is 4. The average molecular weight is 1610 g/mol. The lowest BCUT2D eigenvalue weighted by Gasteiger charge is -2.42. The zero-order valence-corrected chi connectivity index (χ0v) is 66.4. The zero-order valence-electron chi connectivity index (χ0n) is 64.8. The number of Topliss-reactive ketones (excluding diaryl/α,β-unsaturated/α-hetero) is 3. The van der Waals surface area contributed by atoms with E-state index in [0.29, 0.717) is 32.1 Å². The van der Waals surface area contributed by atoms with Crippen molar-refractivity contribution in [2.75, 3.05) is 64.0 Å². The van der Waals surface area contributed by atoms with Gasteiger partial charge in [0.1, 0.15) is 61.3 Å². The molecule has 1 saturated carbocycles. The van der Waals surface area contributed by atoms with E-state index in [1.807, 2.05) is 26.0 Å². The molecule has 1 unspecified atom stereocenters. The minimum Gasteiger partial charge on any atom is -0.480 e. The van der Waals surface area contributed by atoms with Gasteiger partial charge in [0.2, 0.25) is 29.4 Å². The van der Waals surface area contributed by atoms with Crippen molar-refractivity contribution in [2.24, 2.45) is 47.0 Å². The van der Waals surface area contributed by atoms with Crippen molar-refractivity contribution >= 4 is 112 Å². The monoisotopic (exact) mass is 1610 g/mol. The molecule has 3 aliphatic heterocycles. The SMILES string of the molecule is CO[C@H]1C[C@@H]2CC[C@@H](C)[C@@](O)(O2)C(=O)C(=O)N2CCCC[C@H]2C(=O)OC([C@H](C)C[C@@H]2CC[C@@H](OC(=O)CSC[C@H](NC(=O)CC[C@H](N)C(=O)O)C(=O)NCC(=O)O)[C@H](OC)C2)CC(=O)[C@H](C)/C=C(\C)[C@@H](OC(=O)CSC[C@H](NC(=O)CC[C@H](N)C(=O)O)C(=O)NCC(=O)O)[C@@H](OC)C(=O)[C@H](C)C[C@@H](C)/C=C\C=CC=C1C. The third kappa shape index (κ3) is 31.5. The highest BCUT2D eigenvalue weighted by atomic mass is 32.2. The Kier molecular flexibility index (Phi) is 40.8. The molecule has 36 heteroatoms. The number of ketones is 3. The number of carboxylic acid groups (broad SMARTS) is 4. The van der Waals surface area contributed by atoms with E-state index in [-0.39, 0.29) is 99.0 Å². The molecule has 19 atom stereocenters. The molecular formula is C75H113N7O27S2. The second kappa shape index (κ2) is 47.5. The molecular weight excluding hydrogens is 1490 g/mol. The van der Waals surface area contributed by atoms with Crippen LogP contribution in [0.2, 0.25) is 0 Å². The number of fused-ring (bicyclic) bond motifs is 3. The fraction of sp³-hybridized carbons (Fsp3) is 0.693. The number of hydrogen-bond donors (Lipinski definition) is 11. The number of nitrogens with one attached hydrogen (secondary N) is 4. The van der Waals surface area contributed by atoms with Gasteiger partial charge in [0, 0.05) is 82.8 Å². The van der Waals surface area contributed by atoms with Crippen LogP contribution in [0, 0.1) is 35.5 Å². The number of allylic oxidation sites excluding steroid dienone is 6. The molecule has 3 heterocycles. The first kappa shape index (κ1) is 95.4. The molecule has 2 saturated heterocycles. The third-order valence-corrected chi connectivity index (χ3v) is 22.1. The normalized spacial score (nSPS) is 28.5. The number of esters is 3. The number of cyclic esters (lactones) is 1. The highest BCUT2D eigenvalue weighted by Crippen LogP contribution is 2.39. The summed E-state index contributed by atoms with van der Waals surface area (Å²) in [6.45, 7) is 10.1. The number of carbonyl (C=O) groups is 15. The standard InChI is InChI=1S/C75H113N7O27S2/c1-40-16-12-11-13-17-41(2)56(103-8)32-48-21-19-46(7)75(102,109-48)68(93)71(96)82-27-15-14-18-53(82)74(101)107-57(43(4)30-47-20-24-55(58(31-47)104-9)106-63(90)38-110-36-51(69(94)78-34-61(86)87)80-59(84)25-22-49(76)72(97)98)33-54(83)42(3)29-45(6)66(67(105-10)65(92)44(5)28-40)108-64(91)39-111-37-52(70(95)79-35-62(88)89)81-60(85)26-23-50(77)73(99)100/h11-13,16-17,29,40,42-44,46-53,55-58,66-67,102H,14-15,18-28,30-39,76-77H2,1-10H3,(H,78,94)(H,79,95)(H,80,84)(H,81,85)(H,86,87)(H,88,89)(H,97,98)(H,99,100)/b13-11?,16-12-,41-17?,45-29+/t40-,42+,43+,44+,46+,47-,48-,49-,50-,51-,52-,53-,55+,56-,57?,58+,66+,67-,75+/m0/s1. The maximum absolute atomic E-state index is 15.0. The van der Waals surface area contributed by atoms with E-state index in [1.54, 1.807) is 39.0 Å². The number of nitrogens with zero attached hydrogens (tertiary/aromatic N) is 1. The lowest BCUT2D eigenvalue weighted by Crippen LogP contribution is -2.61. The predicted molar refractivity (Wildman–Crippen MR) is 402 cm³/mol. The van der Waals surface area contributed by atoms with Gasteiger partial charge < -0.3 is 96.3 Å². The molecule has 2 bridgehead atoms. The number of ether oxygens (including phenoxy) is 7. The van der Waals surface area contributed by atoms with Gasteiger partial charge in [0.15, 0.2) is 18.0 Å². The molecule has 4 aliphatic rings. The number of piperidine rings is 1. The van der Waals surface area contributed by atoms with Crippen molar-refractivity contribution in [3.05, 3.63) is 47.6 Å². The Hall–Kier alpha value is -7.97. The van der Waals surface area contributed by atoms with E-state index in [0.717, 1.165) is 34.0 Å². The summed E-state index contributed by atoms with van der Waals surface area (Å²) in [6, 6.07) is -6.93. The van der Waals surface area contributed by atoms with Gasteiger partial charge in [-0.2, -0.15) is 0 Å². The molecule has 13 N–H and O–H groups in total. The van der Waals surface area contributed by atoms with E-state index in [4.69, 9.17) is 54.8 Å². The van der Waals surface area contributed by atoms with Gasteiger partial charge in [0.05, 0.1) is 29.8 Å². The van der Waals surface area contributed by atoms with E-state index < -0.39 is 223 Å². The predicted octanol–water partition coefficient (Wildman–Crippen LogP) is 2.50. The Labute approximate surface area is 654 Å². The second-order valence-corrected chi connectivity index (χ2v) is 31.0. The van der Waals surface area contributed by atoms with Crippen LogP contribution >= 0.6 is 23.5 Å². The van der Waals surface area contributed by atoms with Gasteiger partial charge in [-0.15, -0.1) is 23.5 Å². The lowest BCUT2D eigenvalue weighted by atomic mass is 9.78. The number of nitrogens with two attached hydrogens (primary N) is 2. The number of aliphatic hydroxyl groups is 1. The van der Waals surface area contributed by atoms with Crippen molar-refractivity contribution in [1.82, 2.24) is 26.2 Å². The smallest absolute Gasteiger partial charge is 0.329 e. The minimum atomic E-state index is -2.59. The topological polar surface area (TPSA) is 525 Å². The summed E-state index contributed by atoms with van der Waals surface area (Å²) in [4.78, 5) is 200. The summed E-state index contributed by atoms with van der Waals surface area (Å²) < 4.78 is 42.2. The molecule has 0 radical (unpaired) electrons. The fourth-order valence-electron chi connectivity index (χ4n) is 13.6. The first-order valence-electron chi connectivity index (χ1n) is 37.2. The van der Waals surface area contributed by atoms with Gasteiger partial charge in [-0.25, -0.2) is 4.79 Å². The van der Waals surface area contributed by atoms with Crippen LogP contribution in [-0.2, 0) is 105 Å². The Morgan fingerprint density at radius 1 is 0.676 bits per heavy atom. The maximum Gasteiger partial charge on any atom is 0.329 e. The quantitative estimate of drug-likeness (QED) is 0.0199. The molecule has 3 fully saturated rings. The Bertz CT molecular complexity index is 3390. The number of rotatable bonds is 32. The van der Waals surface area contributed by atoms with Crippen LogP contribution in [0.1, 0.15) is 151 Å². The van der Waals surface area contributed by atoms with Gasteiger partial charge in [-0.1, -0.05) is 71.1 Å². The van der Waals surface area contributed by atoms with Crippen LogP contribution in [0.25, 0.3) is 0 Å². The van der Waals surface area contributed by atoms with Crippen molar-refractivity contribution in [1.29, 1.82) is 0 Å². The van der Waals surface area contributed by atoms with Gasteiger partial charge in [-0.05, 0) is 120 Å². The van der Waals surface area contributed by atoms with Crippen LogP contribution in [0.4, 0.5) is 0 Å². The number of amides is 5. The summed E-state index contributed by atoms with van der Waals surface area (Å²) in [5, 5.41) is 58.1. The number of hydrogen-bond acceptors (Lipinski definition) is 27. The molecule has 0 spiro atoms. The van der Waals surface area contributed by atoms with Crippen LogP contribution in [0.15, 0.2) is 47.6 Å². The summed E-state index contributed by atoms with van der Waals surface area (Å²) in [5.74, 6) is -22.8. The Morgan fingerprint density at radius 3 is 1.79 bits per heavy atom.